The molecule has 1 aromatic heterocycles. The van der Waals surface area contributed by atoms with E-state index >= 15 is 0 Å². The van der Waals surface area contributed by atoms with Gasteiger partial charge >= 0.3 is 0 Å². The Balaban J connectivity index is 1.88. The molecule has 0 atom stereocenters. The first-order valence-electron chi connectivity index (χ1n) is 5.85. The van der Waals surface area contributed by atoms with Crippen LogP contribution in [0.4, 0.5) is 8.78 Å². The lowest BCUT2D eigenvalue weighted by molar-refractivity contribution is -0.127. The zero-order valence-corrected chi connectivity index (χ0v) is 11.6. The first-order valence-corrected chi connectivity index (χ1v) is 6.84. The molecule has 1 N–H and O–H groups in total. The van der Waals surface area contributed by atoms with E-state index in [2.05, 4.69) is 10.2 Å². The maximum atomic E-state index is 13.4. The highest BCUT2D eigenvalue weighted by atomic mass is 32.2. The molecule has 0 bridgehead atoms. The number of H-pyrrole nitrogens is 1. The average molecular weight is 297 g/mol. The minimum absolute atomic E-state index is 0.0942. The summed E-state index contributed by atoms with van der Waals surface area (Å²) in [5.74, 6) is -1.33. The van der Waals surface area contributed by atoms with Crippen LogP contribution in [-0.4, -0.2) is 33.8 Å². The molecule has 0 radical (unpaired) electrons. The van der Waals surface area contributed by atoms with Gasteiger partial charge in [0, 0.05) is 36.3 Å². The van der Waals surface area contributed by atoms with Crippen LogP contribution in [0.15, 0.2) is 35.5 Å². The summed E-state index contributed by atoms with van der Waals surface area (Å²) in [6, 6.07) is 3.31. The summed E-state index contributed by atoms with van der Waals surface area (Å²) in [7, 11) is 1.66. The summed E-state index contributed by atoms with van der Waals surface area (Å²) in [6.07, 6.45) is 3.34. The summed E-state index contributed by atoms with van der Waals surface area (Å²) < 4.78 is 26.2. The molecule has 2 aromatic rings. The van der Waals surface area contributed by atoms with E-state index in [-0.39, 0.29) is 16.6 Å². The van der Waals surface area contributed by atoms with Gasteiger partial charge in [0.05, 0.1) is 11.9 Å². The van der Waals surface area contributed by atoms with Gasteiger partial charge in [0.15, 0.2) is 0 Å². The number of benzene rings is 1. The van der Waals surface area contributed by atoms with Crippen molar-refractivity contribution < 1.29 is 13.6 Å². The van der Waals surface area contributed by atoms with Crippen molar-refractivity contribution in [2.45, 2.75) is 11.4 Å². The van der Waals surface area contributed by atoms with Crippen LogP contribution >= 0.6 is 11.8 Å². The molecule has 0 aliphatic heterocycles. The van der Waals surface area contributed by atoms with E-state index in [0.29, 0.717) is 6.54 Å². The van der Waals surface area contributed by atoms with Gasteiger partial charge in [-0.25, -0.2) is 8.78 Å². The molecule has 0 fully saturated rings. The zero-order valence-electron chi connectivity index (χ0n) is 10.8. The first kappa shape index (κ1) is 14.5. The van der Waals surface area contributed by atoms with Gasteiger partial charge in [-0.15, -0.1) is 11.8 Å². The Hall–Kier alpha value is -1.89. The van der Waals surface area contributed by atoms with E-state index in [0.717, 1.165) is 23.4 Å². The Morgan fingerprint density at radius 1 is 1.45 bits per heavy atom. The van der Waals surface area contributed by atoms with Crippen molar-refractivity contribution in [3.8, 4) is 0 Å². The van der Waals surface area contributed by atoms with Crippen LogP contribution < -0.4 is 0 Å². The molecule has 1 aromatic carbocycles. The van der Waals surface area contributed by atoms with Crippen molar-refractivity contribution in [1.29, 1.82) is 0 Å². The number of hydrogen-bond acceptors (Lipinski definition) is 3. The Morgan fingerprint density at radius 2 is 2.25 bits per heavy atom. The molecule has 7 heteroatoms. The highest BCUT2D eigenvalue weighted by Crippen LogP contribution is 2.22. The number of hydrogen-bond donors (Lipinski definition) is 1. The van der Waals surface area contributed by atoms with Gasteiger partial charge in [0.1, 0.15) is 11.6 Å². The van der Waals surface area contributed by atoms with Crippen LogP contribution in [0.1, 0.15) is 5.56 Å². The van der Waals surface area contributed by atoms with Gasteiger partial charge < -0.3 is 4.90 Å². The second kappa shape index (κ2) is 6.51. The highest BCUT2D eigenvalue weighted by Gasteiger charge is 2.12. The minimum atomic E-state index is -0.653. The topological polar surface area (TPSA) is 49.0 Å². The van der Waals surface area contributed by atoms with E-state index in [1.165, 1.54) is 17.0 Å². The SMILES string of the molecule is CN(Cc1cn[nH]c1)C(=O)CSc1ccc(F)cc1F. The third-order valence-electron chi connectivity index (χ3n) is 2.65. The molecule has 4 nitrogen and oxygen atoms in total. The predicted octanol–water partition coefficient (Wildman–Crippen LogP) is 2.44. The minimum Gasteiger partial charge on any atom is -0.341 e. The van der Waals surface area contributed by atoms with Gasteiger partial charge in [-0.2, -0.15) is 5.10 Å². The monoisotopic (exact) mass is 297 g/mol. The fourth-order valence-electron chi connectivity index (χ4n) is 1.57. The smallest absolute Gasteiger partial charge is 0.232 e. The van der Waals surface area contributed by atoms with Crippen LogP contribution in [-0.2, 0) is 11.3 Å². The van der Waals surface area contributed by atoms with Crippen molar-refractivity contribution in [2.24, 2.45) is 0 Å². The molecule has 1 heterocycles. The number of aromatic amines is 1. The third kappa shape index (κ3) is 3.80. The number of carbonyl (C=O) groups excluding carboxylic acids is 1. The second-order valence-corrected chi connectivity index (χ2v) is 5.24. The van der Waals surface area contributed by atoms with E-state index in [9.17, 15) is 13.6 Å². The summed E-state index contributed by atoms with van der Waals surface area (Å²) in [6.45, 7) is 0.432. The van der Waals surface area contributed by atoms with Crippen molar-refractivity contribution in [3.63, 3.8) is 0 Å². The molecule has 0 aliphatic rings. The maximum absolute atomic E-state index is 13.4. The molecule has 106 valence electrons. The molecule has 0 unspecified atom stereocenters. The number of nitrogens with zero attached hydrogens (tertiary/aromatic N) is 2. The van der Waals surface area contributed by atoms with Crippen LogP contribution in [0.25, 0.3) is 0 Å². The number of thioether (sulfide) groups is 1. The standard InChI is InChI=1S/C13H13F2N3OS/c1-18(7-9-5-16-17-6-9)13(19)8-20-12-3-2-10(14)4-11(12)15/h2-6H,7-8H2,1H3,(H,16,17). The van der Waals surface area contributed by atoms with Gasteiger partial charge in [0.2, 0.25) is 5.91 Å². The highest BCUT2D eigenvalue weighted by molar-refractivity contribution is 8.00. The lowest BCUT2D eigenvalue weighted by Crippen LogP contribution is -2.27. The molecule has 0 saturated heterocycles. The normalized spacial score (nSPS) is 10.6. The van der Waals surface area contributed by atoms with E-state index in [4.69, 9.17) is 0 Å². The molecular weight excluding hydrogens is 284 g/mol. The predicted molar refractivity (Wildman–Crippen MR) is 72.1 cm³/mol. The van der Waals surface area contributed by atoms with Gasteiger partial charge in [-0.3, -0.25) is 9.89 Å². The Labute approximate surface area is 119 Å². The fourth-order valence-corrected chi connectivity index (χ4v) is 2.43. The van der Waals surface area contributed by atoms with Crippen molar-refractivity contribution in [1.82, 2.24) is 15.1 Å². The van der Waals surface area contributed by atoms with Crippen LogP contribution in [0, 0.1) is 11.6 Å². The Morgan fingerprint density at radius 3 is 2.90 bits per heavy atom. The number of rotatable bonds is 5. The number of aromatic nitrogens is 2. The number of amides is 1. The molecule has 0 spiro atoms. The third-order valence-corrected chi connectivity index (χ3v) is 3.68. The lowest BCUT2D eigenvalue weighted by Gasteiger charge is -2.15. The molecule has 1 amide bonds. The molecule has 0 saturated carbocycles. The van der Waals surface area contributed by atoms with Crippen molar-refractivity contribution in [3.05, 3.63) is 47.8 Å². The molecule has 20 heavy (non-hydrogen) atoms. The molecular formula is C13H13F2N3OS. The van der Waals surface area contributed by atoms with Crippen molar-refractivity contribution in [2.75, 3.05) is 12.8 Å². The van der Waals surface area contributed by atoms with Crippen molar-refractivity contribution >= 4 is 17.7 Å². The lowest BCUT2D eigenvalue weighted by atomic mass is 10.3. The van der Waals surface area contributed by atoms with Crippen LogP contribution in [0.3, 0.4) is 0 Å². The van der Waals surface area contributed by atoms with Gasteiger partial charge in [0.25, 0.3) is 0 Å². The largest absolute Gasteiger partial charge is 0.341 e. The van der Waals surface area contributed by atoms with Crippen LogP contribution in [0.5, 0.6) is 0 Å². The van der Waals surface area contributed by atoms with Gasteiger partial charge in [-0.1, -0.05) is 0 Å². The summed E-state index contributed by atoms with van der Waals surface area (Å²) in [4.78, 5) is 13.7. The summed E-state index contributed by atoms with van der Waals surface area (Å²) in [5, 5.41) is 6.46. The number of nitrogens with one attached hydrogen (secondary N) is 1. The molecule has 2 rings (SSSR count). The molecule has 0 aliphatic carbocycles. The second-order valence-electron chi connectivity index (χ2n) is 4.22. The Kier molecular flexibility index (Phi) is 4.73. The first-order chi connectivity index (χ1) is 9.56. The quantitative estimate of drug-likeness (QED) is 0.862. The zero-order chi connectivity index (χ0) is 14.5. The van der Waals surface area contributed by atoms with E-state index < -0.39 is 11.6 Å². The van der Waals surface area contributed by atoms with E-state index in [1.54, 1.807) is 19.4 Å². The number of halogens is 2. The fraction of sp³-hybridized carbons (Fsp3) is 0.231. The number of carbonyl (C=O) groups is 1. The van der Waals surface area contributed by atoms with Gasteiger partial charge in [-0.05, 0) is 12.1 Å². The van der Waals surface area contributed by atoms with Crippen LogP contribution in [0.2, 0.25) is 0 Å². The summed E-state index contributed by atoms with van der Waals surface area (Å²) >= 11 is 1.05. The van der Waals surface area contributed by atoms with E-state index in [1.807, 2.05) is 0 Å². The summed E-state index contributed by atoms with van der Waals surface area (Å²) in [5.41, 5.74) is 0.888. The maximum Gasteiger partial charge on any atom is 0.232 e. The Bertz CT molecular complexity index is 589. The average Bonchev–Trinajstić information content (AvgIpc) is 2.90.